The Hall–Kier alpha value is -6.38. The zero-order chi connectivity index (χ0) is 64.3. The minimum absolute atomic E-state index is 0.0167. The molecule has 10 rings (SSSR count). The van der Waals surface area contributed by atoms with Gasteiger partial charge in [-0.25, -0.2) is 0 Å². The highest BCUT2D eigenvalue weighted by Gasteiger charge is 2.37. The van der Waals surface area contributed by atoms with E-state index in [9.17, 15) is 20.6 Å². The predicted molar refractivity (Wildman–Crippen MR) is 257 cm³/mol. The average molecular weight is 806 g/mol. The summed E-state index contributed by atoms with van der Waals surface area (Å²) in [6.45, 7) is 6.84. The summed E-state index contributed by atoms with van der Waals surface area (Å²) in [4.78, 5) is 1.21. The zero-order valence-electron chi connectivity index (χ0n) is 60.4. The van der Waals surface area contributed by atoms with E-state index in [0.29, 0.717) is 44.0 Å². The van der Waals surface area contributed by atoms with Crippen LogP contribution in [0.2, 0.25) is 0 Å². The lowest BCUT2D eigenvalue weighted by atomic mass is 9.82. The number of fused-ring (bicyclic) bond motifs is 8. The van der Waals surface area contributed by atoms with E-state index in [1.54, 1.807) is 48.5 Å². The standard InChI is InChI=1S/C58H53NO/c1-32-26-28-44(41-20-14-12-15-21-41)38(7)54(32)59(43-27-29-46-45-24-18-19-25-47(45)58(10,11)48(46)31-43)55-36(5)37(6)56-53(40(55)9)52-39(8)50(42-22-16-13-17-23-42)49-34(3)30-33(2)35(4)51(49)57(52)60-56/h12-31H,1-11H3/i10D3,11D3,12D,13D,14D,15D,16D,17D,18D,19D,20D,21D,22D,23D,24D,25D,26D,27D,28D,29D,30D,31D. The molecular formula is C58H53NO. The molecule has 0 saturated carbocycles. The average Bonchev–Trinajstić information content (AvgIpc) is 1.48. The molecule has 2 nitrogen and oxygen atoms in total. The summed E-state index contributed by atoms with van der Waals surface area (Å²) in [6.07, 6.45) is 0. The third kappa shape index (κ3) is 5.26. The van der Waals surface area contributed by atoms with Gasteiger partial charge in [0.05, 0.1) is 38.8 Å². The number of hydrogen-bond donors (Lipinski definition) is 0. The van der Waals surface area contributed by atoms with Gasteiger partial charge in [0.1, 0.15) is 11.2 Å². The maximum atomic E-state index is 10.5. The van der Waals surface area contributed by atoms with Crippen LogP contribution >= 0.6 is 0 Å². The number of rotatable bonds is 5. The van der Waals surface area contributed by atoms with Crippen molar-refractivity contribution in [2.75, 3.05) is 4.90 Å². The summed E-state index contributed by atoms with van der Waals surface area (Å²) in [6, 6.07) is -15.0. The molecule has 296 valence electrons. The van der Waals surface area contributed by atoms with Gasteiger partial charge in [0, 0.05) is 35.5 Å². The Labute approximate surface area is 391 Å². The van der Waals surface area contributed by atoms with Crippen LogP contribution in [0.25, 0.3) is 66.1 Å². The third-order valence-corrected chi connectivity index (χ3v) is 12.2. The Morgan fingerprint density at radius 1 is 0.450 bits per heavy atom. The first-order chi connectivity index (χ1) is 39.6. The number of nitrogens with zero attached hydrogens (tertiary/aromatic N) is 1. The first kappa shape index (κ1) is 18.9. The zero-order valence-corrected chi connectivity index (χ0v) is 34.4. The van der Waals surface area contributed by atoms with E-state index >= 15 is 0 Å². The lowest BCUT2D eigenvalue weighted by Crippen LogP contribution is -2.19. The third-order valence-electron chi connectivity index (χ3n) is 12.2. The lowest BCUT2D eigenvalue weighted by Gasteiger charge is -2.34. The van der Waals surface area contributed by atoms with E-state index in [0.717, 1.165) is 0 Å². The molecule has 0 amide bonds. The lowest BCUT2D eigenvalue weighted by molar-refractivity contribution is 0.660. The van der Waals surface area contributed by atoms with Crippen LogP contribution in [0.15, 0.2) is 125 Å². The molecule has 0 bridgehead atoms. The molecule has 0 aliphatic heterocycles. The van der Waals surface area contributed by atoms with Gasteiger partial charge in [0.15, 0.2) is 0 Å². The minimum Gasteiger partial charge on any atom is -0.455 e. The minimum atomic E-state index is -3.82. The molecular weight excluding hydrogens is 727 g/mol. The maximum absolute atomic E-state index is 10.5. The highest BCUT2D eigenvalue weighted by atomic mass is 16.3. The smallest absolute Gasteiger partial charge is 0.143 e. The summed E-state index contributed by atoms with van der Waals surface area (Å²) < 4.78 is 246. The van der Waals surface area contributed by atoms with E-state index in [1.165, 1.54) is 18.7 Å². The van der Waals surface area contributed by atoms with Gasteiger partial charge in [-0.15, -0.1) is 0 Å². The van der Waals surface area contributed by atoms with Crippen molar-refractivity contribution in [2.45, 2.75) is 81.4 Å². The van der Waals surface area contributed by atoms with E-state index in [4.69, 9.17) is 19.5 Å². The highest BCUT2D eigenvalue weighted by Crippen LogP contribution is 2.54. The summed E-state index contributed by atoms with van der Waals surface area (Å²) in [5.74, 6) is 0. The van der Waals surface area contributed by atoms with Crippen LogP contribution in [-0.4, -0.2) is 0 Å². The number of anilines is 3. The Balaban J connectivity index is 1.52. The van der Waals surface area contributed by atoms with Crippen LogP contribution in [0.1, 0.15) is 111 Å². The fourth-order valence-electron chi connectivity index (χ4n) is 9.15. The van der Waals surface area contributed by atoms with Crippen LogP contribution in [0, 0.1) is 62.3 Å². The fraction of sp³-hybridized carbons (Fsp3) is 0.207. The first-order valence-corrected chi connectivity index (χ1v) is 19.3. The second-order valence-electron chi connectivity index (χ2n) is 15.5. The van der Waals surface area contributed by atoms with E-state index < -0.39 is 167 Å². The number of hydrogen-bond acceptors (Lipinski definition) is 2. The van der Waals surface area contributed by atoms with Crippen molar-refractivity contribution in [3.05, 3.63) is 182 Å². The summed E-state index contributed by atoms with van der Waals surface area (Å²) in [7, 11) is 0. The SMILES string of the molecule is [2H]c1c([2H])c([2H])c(-c2c([2H])c([2H])c(C)c(N(c3c([2H])c([2H])c4c(c3[2H])C(C([2H])([2H])[2H])(C([2H])([2H])[2H])c3c([2H])c([2H])c([2H])c([2H])c3-4)c3c(C)c(C)c4oc5c6c(C)c(C)c([2H])c(C)c6c(-c6c([2H])c([2H])c([2H])c([2H])c6[2H])c(C)c5c4c3C)c2C)c([2H])c1[2H]. The quantitative estimate of drug-likeness (QED) is 0.172. The van der Waals surface area contributed by atoms with Crippen molar-refractivity contribution in [3.8, 4) is 33.4 Å². The predicted octanol–water partition coefficient (Wildman–Crippen LogP) is 16.6. The van der Waals surface area contributed by atoms with Gasteiger partial charge in [0.2, 0.25) is 0 Å². The molecule has 60 heavy (non-hydrogen) atoms. The molecule has 0 N–H and O–H groups in total. The molecule has 1 aliphatic rings. The van der Waals surface area contributed by atoms with Gasteiger partial charge in [-0.3, -0.25) is 0 Å². The summed E-state index contributed by atoms with van der Waals surface area (Å²) in [5.41, 5.74) is -6.10. The van der Waals surface area contributed by atoms with Crippen LogP contribution in [0.3, 0.4) is 0 Å². The number of aryl methyl sites for hydroxylation is 5. The van der Waals surface area contributed by atoms with Crippen LogP contribution in [0.5, 0.6) is 0 Å². The molecule has 0 radical (unpaired) electrons. The van der Waals surface area contributed by atoms with Gasteiger partial charge >= 0.3 is 0 Å². The van der Waals surface area contributed by atoms with Crippen LogP contribution in [-0.2, 0) is 5.41 Å². The summed E-state index contributed by atoms with van der Waals surface area (Å²) >= 11 is 0. The number of benzene rings is 8. The van der Waals surface area contributed by atoms with Gasteiger partial charge in [0.25, 0.3) is 0 Å². The molecule has 0 fully saturated rings. The topological polar surface area (TPSA) is 16.4 Å². The van der Waals surface area contributed by atoms with Crippen molar-refractivity contribution in [3.63, 3.8) is 0 Å². The van der Waals surface area contributed by atoms with Crippen molar-refractivity contribution < 1.29 is 40.1 Å². The molecule has 2 heteroatoms. The molecule has 1 aliphatic carbocycles. The van der Waals surface area contributed by atoms with Gasteiger partial charge in [-0.2, -0.15) is 0 Å². The summed E-state index contributed by atoms with van der Waals surface area (Å²) in [5, 5.41) is 1.35. The second kappa shape index (κ2) is 13.6. The molecule has 8 aromatic carbocycles. The first-order valence-electron chi connectivity index (χ1n) is 32.3. The highest BCUT2D eigenvalue weighted by molar-refractivity contribution is 6.24. The molecule has 1 heterocycles. The van der Waals surface area contributed by atoms with Crippen molar-refractivity contribution in [1.82, 2.24) is 0 Å². The monoisotopic (exact) mass is 806 g/mol. The van der Waals surface area contributed by atoms with E-state index in [1.807, 2.05) is 0 Å². The Morgan fingerprint density at radius 2 is 1.07 bits per heavy atom. The molecule has 0 unspecified atom stereocenters. The fourth-order valence-corrected chi connectivity index (χ4v) is 9.15. The van der Waals surface area contributed by atoms with Crippen LogP contribution < -0.4 is 4.90 Å². The van der Waals surface area contributed by atoms with E-state index in [2.05, 4.69) is 0 Å². The Kier molecular flexibility index (Phi) is 4.28. The molecule has 0 saturated heterocycles. The van der Waals surface area contributed by atoms with Crippen molar-refractivity contribution in [1.29, 1.82) is 0 Å². The Bertz CT molecular complexity index is 4590. The van der Waals surface area contributed by atoms with Gasteiger partial charge in [-0.1, -0.05) is 122 Å². The largest absolute Gasteiger partial charge is 0.455 e. The normalized spacial score (nSPS) is 19.6. The second-order valence-corrected chi connectivity index (χ2v) is 15.5. The van der Waals surface area contributed by atoms with Crippen molar-refractivity contribution >= 4 is 49.8 Å². The van der Waals surface area contributed by atoms with Gasteiger partial charge in [-0.05, 0) is 174 Å². The molecule has 0 atom stereocenters. The molecule has 0 spiro atoms. The molecule has 1 aromatic heterocycles. The number of furan rings is 1. The van der Waals surface area contributed by atoms with Gasteiger partial charge < -0.3 is 9.32 Å². The van der Waals surface area contributed by atoms with Crippen molar-refractivity contribution in [2.24, 2.45) is 0 Å². The Morgan fingerprint density at radius 3 is 1.78 bits per heavy atom. The maximum Gasteiger partial charge on any atom is 0.143 e. The molecule has 9 aromatic rings. The van der Waals surface area contributed by atoms with E-state index in [-0.39, 0.29) is 72.9 Å². The van der Waals surface area contributed by atoms with Crippen LogP contribution in [0.4, 0.5) is 17.1 Å².